The van der Waals surface area contributed by atoms with Gasteiger partial charge in [-0.3, -0.25) is 0 Å². The lowest BCUT2D eigenvalue weighted by molar-refractivity contribution is -0.158. The zero-order chi connectivity index (χ0) is 17.2. The van der Waals surface area contributed by atoms with Gasteiger partial charge >= 0.3 is 5.97 Å². The highest BCUT2D eigenvalue weighted by molar-refractivity contribution is 5.81. The average Bonchev–Trinajstić information content (AvgIpc) is 2.63. The molecule has 0 radical (unpaired) electrons. The maximum absolute atomic E-state index is 11.6. The average molecular weight is 324 g/mol. The molecule has 0 N–H and O–H groups in total. The van der Waals surface area contributed by atoms with E-state index < -0.39 is 12.3 Å². The lowest BCUT2D eigenvalue weighted by atomic mass is 10.0. The van der Waals surface area contributed by atoms with Crippen molar-refractivity contribution in [3.63, 3.8) is 0 Å². The van der Waals surface area contributed by atoms with E-state index in [1.165, 1.54) is 6.08 Å². The van der Waals surface area contributed by atoms with E-state index in [2.05, 4.69) is 13.5 Å². The second-order valence-electron chi connectivity index (χ2n) is 5.55. The molecule has 2 aromatic rings. The van der Waals surface area contributed by atoms with E-state index in [-0.39, 0.29) is 0 Å². The summed E-state index contributed by atoms with van der Waals surface area (Å²) in [5.41, 5.74) is 2.05. The fraction of sp³-hybridized carbons (Fsp3) is 0.286. The molecule has 24 heavy (non-hydrogen) atoms. The number of carbonyl (C=O) groups excluding carboxylic acids is 1. The molecule has 0 heterocycles. The topological polar surface area (TPSA) is 35.5 Å². The Hall–Kier alpha value is -2.55. The van der Waals surface area contributed by atoms with Crippen LogP contribution in [0.15, 0.2) is 67.3 Å². The van der Waals surface area contributed by atoms with Crippen molar-refractivity contribution in [2.24, 2.45) is 0 Å². The Bertz CT molecular complexity index is 649. The van der Waals surface area contributed by atoms with Crippen LogP contribution in [-0.2, 0) is 9.53 Å². The van der Waals surface area contributed by atoms with Gasteiger partial charge in [0, 0.05) is 18.1 Å². The van der Waals surface area contributed by atoms with Crippen molar-refractivity contribution >= 4 is 5.97 Å². The fourth-order valence-electron chi connectivity index (χ4n) is 2.45. The molecule has 2 aromatic carbocycles. The maximum atomic E-state index is 11.6. The van der Waals surface area contributed by atoms with Crippen molar-refractivity contribution in [3.8, 4) is 16.9 Å². The molecule has 0 saturated carbocycles. The number of unbranched alkanes of at least 4 members (excludes halogenated alkanes) is 2. The van der Waals surface area contributed by atoms with Crippen LogP contribution in [0.4, 0.5) is 0 Å². The second-order valence-corrected chi connectivity index (χ2v) is 5.55. The van der Waals surface area contributed by atoms with Gasteiger partial charge in [-0.1, -0.05) is 74.9 Å². The summed E-state index contributed by atoms with van der Waals surface area (Å²) < 4.78 is 11.4. The molecule has 0 fully saturated rings. The largest absolute Gasteiger partial charge is 0.454 e. The van der Waals surface area contributed by atoms with Crippen LogP contribution < -0.4 is 4.74 Å². The van der Waals surface area contributed by atoms with Crippen LogP contribution in [0, 0.1) is 0 Å². The van der Waals surface area contributed by atoms with E-state index in [0.717, 1.165) is 30.4 Å². The van der Waals surface area contributed by atoms with Gasteiger partial charge in [-0.2, -0.15) is 0 Å². The number of hydrogen-bond donors (Lipinski definition) is 0. The van der Waals surface area contributed by atoms with Gasteiger partial charge in [0.25, 0.3) is 0 Å². The first kappa shape index (κ1) is 17.8. The summed E-state index contributed by atoms with van der Waals surface area (Å²) in [5, 5.41) is 0. The molecule has 0 bridgehead atoms. The lowest BCUT2D eigenvalue weighted by Crippen LogP contribution is -2.23. The fourth-order valence-corrected chi connectivity index (χ4v) is 2.45. The summed E-state index contributed by atoms with van der Waals surface area (Å²) in [6.07, 6.45) is 4.34. The number of carbonyl (C=O) groups is 1. The predicted octanol–water partition coefficient (Wildman–Crippen LogP) is 5.37. The van der Waals surface area contributed by atoms with Crippen molar-refractivity contribution in [1.82, 2.24) is 0 Å². The quantitative estimate of drug-likeness (QED) is 0.269. The minimum absolute atomic E-state index is 0.464. The maximum Gasteiger partial charge on any atom is 0.333 e. The minimum atomic E-state index is -0.605. The summed E-state index contributed by atoms with van der Waals surface area (Å²) >= 11 is 0. The first-order valence-electron chi connectivity index (χ1n) is 8.38. The lowest BCUT2D eigenvalue weighted by Gasteiger charge is -2.20. The molecular weight excluding hydrogens is 300 g/mol. The Morgan fingerprint density at radius 1 is 1.08 bits per heavy atom. The van der Waals surface area contributed by atoms with E-state index in [1.807, 2.05) is 54.6 Å². The zero-order valence-electron chi connectivity index (χ0n) is 14.1. The van der Waals surface area contributed by atoms with Gasteiger partial charge in [-0.25, -0.2) is 4.79 Å². The third-order valence-corrected chi connectivity index (χ3v) is 3.69. The molecule has 0 aliphatic rings. The Morgan fingerprint density at radius 2 is 1.79 bits per heavy atom. The van der Waals surface area contributed by atoms with Crippen LogP contribution in [0.1, 0.15) is 32.6 Å². The molecule has 0 aliphatic heterocycles. The van der Waals surface area contributed by atoms with Crippen LogP contribution in [0.3, 0.4) is 0 Å². The smallest absolute Gasteiger partial charge is 0.333 e. The van der Waals surface area contributed by atoms with Gasteiger partial charge in [0.15, 0.2) is 0 Å². The van der Waals surface area contributed by atoms with Crippen molar-refractivity contribution in [3.05, 3.63) is 67.3 Å². The molecule has 0 aromatic heterocycles. The number of esters is 1. The first-order valence-corrected chi connectivity index (χ1v) is 8.38. The van der Waals surface area contributed by atoms with Gasteiger partial charge in [-0.15, -0.1) is 0 Å². The standard InChI is InChI=1S/C21H24O3/c1-3-5-7-16-21(24-20(22)4-2)23-19-15-11-10-14-18(19)17-12-8-6-9-13-17/h4,6,8-15,21H,2-3,5,7,16H2,1H3. The summed E-state index contributed by atoms with van der Waals surface area (Å²) in [6, 6.07) is 17.8. The van der Waals surface area contributed by atoms with E-state index in [9.17, 15) is 4.79 Å². The van der Waals surface area contributed by atoms with Crippen molar-refractivity contribution in [2.45, 2.75) is 38.9 Å². The molecular formula is C21H24O3. The highest BCUT2D eigenvalue weighted by Crippen LogP contribution is 2.31. The monoisotopic (exact) mass is 324 g/mol. The number of benzene rings is 2. The first-order chi connectivity index (χ1) is 11.7. The molecule has 126 valence electrons. The number of rotatable bonds is 9. The van der Waals surface area contributed by atoms with E-state index in [0.29, 0.717) is 12.2 Å². The van der Waals surface area contributed by atoms with E-state index in [4.69, 9.17) is 9.47 Å². The van der Waals surface area contributed by atoms with Gasteiger partial charge < -0.3 is 9.47 Å². The Kier molecular flexibility index (Phi) is 7.09. The van der Waals surface area contributed by atoms with Crippen LogP contribution in [0.25, 0.3) is 11.1 Å². The van der Waals surface area contributed by atoms with E-state index >= 15 is 0 Å². The summed E-state index contributed by atoms with van der Waals surface area (Å²) in [6.45, 7) is 5.59. The summed E-state index contributed by atoms with van der Waals surface area (Å²) in [4.78, 5) is 11.6. The van der Waals surface area contributed by atoms with E-state index in [1.54, 1.807) is 0 Å². The van der Waals surface area contributed by atoms with Crippen molar-refractivity contribution in [2.75, 3.05) is 0 Å². The molecule has 0 spiro atoms. The zero-order valence-corrected chi connectivity index (χ0v) is 14.1. The van der Waals surface area contributed by atoms with Gasteiger partial charge in [0.05, 0.1) is 0 Å². The highest BCUT2D eigenvalue weighted by Gasteiger charge is 2.16. The van der Waals surface area contributed by atoms with Crippen molar-refractivity contribution < 1.29 is 14.3 Å². The Morgan fingerprint density at radius 3 is 2.50 bits per heavy atom. The van der Waals surface area contributed by atoms with Crippen LogP contribution in [0.2, 0.25) is 0 Å². The van der Waals surface area contributed by atoms with Crippen LogP contribution >= 0.6 is 0 Å². The third kappa shape index (κ3) is 5.27. The number of para-hydroxylation sites is 1. The molecule has 2 rings (SSSR count). The molecule has 1 atom stereocenters. The Labute approximate surface area is 143 Å². The van der Waals surface area contributed by atoms with Gasteiger partial charge in [0.1, 0.15) is 5.75 Å². The molecule has 1 unspecified atom stereocenters. The Balaban J connectivity index is 2.18. The molecule has 0 amide bonds. The third-order valence-electron chi connectivity index (χ3n) is 3.69. The normalized spacial score (nSPS) is 11.5. The second kappa shape index (κ2) is 9.56. The minimum Gasteiger partial charge on any atom is -0.454 e. The summed E-state index contributed by atoms with van der Waals surface area (Å²) in [5.74, 6) is 0.246. The predicted molar refractivity (Wildman–Crippen MR) is 96.7 cm³/mol. The molecule has 0 saturated heterocycles. The highest BCUT2D eigenvalue weighted by atomic mass is 16.7. The molecule has 3 heteroatoms. The number of hydrogen-bond acceptors (Lipinski definition) is 3. The van der Waals surface area contributed by atoms with Gasteiger partial charge in [-0.05, 0) is 18.1 Å². The molecule has 3 nitrogen and oxygen atoms in total. The molecule has 0 aliphatic carbocycles. The summed E-state index contributed by atoms with van der Waals surface area (Å²) in [7, 11) is 0. The SMILES string of the molecule is C=CC(=O)OC(CCCCC)Oc1ccccc1-c1ccccc1. The van der Waals surface area contributed by atoms with Crippen LogP contribution in [-0.4, -0.2) is 12.3 Å². The van der Waals surface area contributed by atoms with Gasteiger partial charge in [0.2, 0.25) is 6.29 Å². The number of ether oxygens (including phenoxy) is 2. The van der Waals surface area contributed by atoms with Crippen LogP contribution in [0.5, 0.6) is 5.75 Å². The van der Waals surface area contributed by atoms with Crippen molar-refractivity contribution in [1.29, 1.82) is 0 Å².